The van der Waals surface area contributed by atoms with E-state index >= 15 is 0 Å². The van der Waals surface area contributed by atoms with E-state index in [1.165, 1.54) is 4.90 Å². The van der Waals surface area contributed by atoms with Crippen LogP contribution in [0.1, 0.15) is 40.4 Å². The van der Waals surface area contributed by atoms with Crippen LogP contribution in [0.4, 0.5) is 0 Å². The zero-order chi connectivity index (χ0) is 21.3. The largest absolute Gasteiger partial charge is 0.480 e. The zero-order valence-corrected chi connectivity index (χ0v) is 17.3. The number of aliphatic carboxylic acids is 1. The summed E-state index contributed by atoms with van der Waals surface area (Å²) in [4.78, 5) is 26.9. The van der Waals surface area contributed by atoms with Gasteiger partial charge in [0, 0.05) is 10.6 Å². The molecule has 3 aromatic rings. The summed E-state index contributed by atoms with van der Waals surface area (Å²) in [6.45, 7) is 1.96. The molecule has 4 nitrogen and oxygen atoms in total. The van der Waals surface area contributed by atoms with E-state index in [9.17, 15) is 14.7 Å². The van der Waals surface area contributed by atoms with Gasteiger partial charge in [-0.2, -0.15) is 0 Å². The molecule has 1 heterocycles. The van der Waals surface area contributed by atoms with Crippen LogP contribution in [0.5, 0.6) is 0 Å². The minimum absolute atomic E-state index is 0.285. The second kappa shape index (κ2) is 8.33. The van der Waals surface area contributed by atoms with Crippen LogP contribution >= 0.6 is 11.6 Å². The normalized spacial score (nSPS) is 18.4. The molecule has 1 fully saturated rings. The van der Waals surface area contributed by atoms with E-state index < -0.39 is 12.0 Å². The van der Waals surface area contributed by atoms with Gasteiger partial charge < -0.3 is 10.0 Å². The summed E-state index contributed by atoms with van der Waals surface area (Å²) in [5.41, 5.74) is 4.36. The Morgan fingerprint density at radius 2 is 1.67 bits per heavy atom. The molecule has 1 saturated heterocycles. The van der Waals surface area contributed by atoms with Gasteiger partial charge in [0.15, 0.2) is 0 Å². The van der Waals surface area contributed by atoms with E-state index in [2.05, 4.69) is 0 Å². The number of amides is 1. The van der Waals surface area contributed by atoms with Crippen molar-refractivity contribution in [2.24, 2.45) is 0 Å². The molecule has 0 radical (unpaired) electrons. The monoisotopic (exact) mass is 419 g/mol. The fourth-order valence-corrected chi connectivity index (χ4v) is 4.54. The lowest BCUT2D eigenvalue weighted by molar-refractivity contribution is -0.141. The zero-order valence-electron chi connectivity index (χ0n) is 16.6. The van der Waals surface area contributed by atoms with Crippen molar-refractivity contribution < 1.29 is 14.7 Å². The topological polar surface area (TPSA) is 57.6 Å². The van der Waals surface area contributed by atoms with Gasteiger partial charge in [0.1, 0.15) is 6.04 Å². The molecule has 0 saturated carbocycles. The van der Waals surface area contributed by atoms with Crippen molar-refractivity contribution in [3.05, 3.63) is 94.5 Å². The average Bonchev–Trinajstić information content (AvgIpc) is 3.19. The summed E-state index contributed by atoms with van der Waals surface area (Å²) >= 11 is 6.38. The Kier molecular flexibility index (Phi) is 5.60. The first-order chi connectivity index (χ1) is 14.5. The number of aryl methyl sites for hydroxylation is 1. The molecular weight excluding hydrogens is 398 g/mol. The molecule has 0 bridgehead atoms. The van der Waals surface area contributed by atoms with Crippen LogP contribution in [0.2, 0.25) is 5.02 Å². The standard InChI is InChI=1S/C25H22ClNO3/c1-16-15-18(11-12-19(16)17-7-3-2-4-8-17)24(28)27-22(13-14-23(27)25(29)30)20-9-5-6-10-21(20)26/h2-12,15,22-23H,13-14H2,1H3,(H,29,30)/t22-,23+/m1/s1. The first kappa shape index (κ1) is 20.2. The molecule has 152 valence electrons. The number of nitrogens with zero attached hydrogens (tertiary/aromatic N) is 1. The molecule has 4 rings (SSSR count). The van der Waals surface area contributed by atoms with E-state index in [-0.39, 0.29) is 11.9 Å². The van der Waals surface area contributed by atoms with Gasteiger partial charge in [0.2, 0.25) is 0 Å². The molecule has 30 heavy (non-hydrogen) atoms. The van der Waals surface area contributed by atoms with Gasteiger partial charge in [0.25, 0.3) is 5.91 Å². The van der Waals surface area contributed by atoms with Gasteiger partial charge in [-0.3, -0.25) is 4.79 Å². The number of halogens is 1. The Morgan fingerprint density at radius 1 is 0.967 bits per heavy atom. The van der Waals surface area contributed by atoms with Crippen molar-refractivity contribution in [1.29, 1.82) is 0 Å². The summed E-state index contributed by atoms with van der Waals surface area (Å²) in [7, 11) is 0. The number of carboxylic acid groups (broad SMARTS) is 1. The average molecular weight is 420 g/mol. The van der Waals surface area contributed by atoms with Crippen molar-refractivity contribution in [2.75, 3.05) is 0 Å². The Balaban J connectivity index is 1.71. The molecule has 0 aromatic heterocycles. The minimum atomic E-state index is -0.990. The predicted molar refractivity (Wildman–Crippen MR) is 118 cm³/mol. The molecule has 0 aliphatic carbocycles. The lowest BCUT2D eigenvalue weighted by Gasteiger charge is -2.29. The quantitative estimate of drug-likeness (QED) is 0.586. The molecule has 0 unspecified atom stereocenters. The maximum Gasteiger partial charge on any atom is 0.326 e. The highest BCUT2D eigenvalue weighted by Crippen LogP contribution is 2.40. The molecule has 1 amide bonds. The van der Waals surface area contributed by atoms with E-state index in [1.54, 1.807) is 12.1 Å². The van der Waals surface area contributed by atoms with Crippen molar-refractivity contribution in [3.8, 4) is 11.1 Å². The second-order valence-corrected chi connectivity index (χ2v) is 7.98. The molecular formula is C25H22ClNO3. The number of hydrogen-bond acceptors (Lipinski definition) is 2. The highest BCUT2D eigenvalue weighted by atomic mass is 35.5. The van der Waals surface area contributed by atoms with Crippen LogP contribution in [0.25, 0.3) is 11.1 Å². The molecule has 2 atom stereocenters. The fourth-order valence-electron chi connectivity index (χ4n) is 4.27. The smallest absolute Gasteiger partial charge is 0.326 e. The van der Waals surface area contributed by atoms with Crippen LogP contribution in [0.15, 0.2) is 72.8 Å². The summed E-state index contributed by atoms with van der Waals surface area (Å²) in [5.74, 6) is -1.27. The summed E-state index contributed by atoms with van der Waals surface area (Å²) in [6, 6.07) is 21.6. The van der Waals surface area contributed by atoms with Crippen molar-refractivity contribution in [2.45, 2.75) is 31.8 Å². The Labute approximate surface area is 180 Å². The Morgan fingerprint density at radius 3 is 2.33 bits per heavy atom. The number of rotatable bonds is 4. The third kappa shape index (κ3) is 3.71. The third-order valence-corrected chi connectivity index (χ3v) is 6.07. The van der Waals surface area contributed by atoms with E-state index in [4.69, 9.17) is 11.6 Å². The van der Waals surface area contributed by atoms with E-state index in [0.29, 0.717) is 23.4 Å². The fraction of sp³-hybridized carbons (Fsp3) is 0.200. The molecule has 0 spiro atoms. The van der Waals surface area contributed by atoms with Gasteiger partial charge in [0.05, 0.1) is 6.04 Å². The lowest BCUT2D eigenvalue weighted by atomic mass is 9.97. The van der Waals surface area contributed by atoms with Crippen molar-refractivity contribution in [1.82, 2.24) is 4.90 Å². The minimum Gasteiger partial charge on any atom is -0.480 e. The van der Waals surface area contributed by atoms with E-state index in [1.807, 2.05) is 67.6 Å². The van der Waals surface area contributed by atoms with Crippen molar-refractivity contribution >= 4 is 23.5 Å². The highest BCUT2D eigenvalue weighted by molar-refractivity contribution is 6.31. The number of likely N-dealkylation sites (tertiary alicyclic amines) is 1. The number of carbonyl (C=O) groups excluding carboxylic acids is 1. The van der Waals surface area contributed by atoms with Gasteiger partial charge in [-0.05, 0) is 60.2 Å². The van der Waals surface area contributed by atoms with Crippen LogP contribution < -0.4 is 0 Å². The molecule has 3 aromatic carbocycles. The number of benzene rings is 3. The summed E-state index contributed by atoms with van der Waals surface area (Å²) in [5, 5.41) is 10.3. The highest BCUT2D eigenvalue weighted by Gasteiger charge is 2.42. The molecule has 5 heteroatoms. The van der Waals surface area contributed by atoms with Gasteiger partial charge in [-0.25, -0.2) is 4.79 Å². The summed E-state index contributed by atoms with van der Waals surface area (Å²) in [6.07, 6.45) is 0.964. The van der Waals surface area contributed by atoms with Gasteiger partial charge in [-0.15, -0.1) is 0 Å². The van der Waals surface area contributed by atoms with Crippen LogP contribution in [-0.2, 0) is 4.79 Å². The molecule has 1 aliphatic heterocycles. The first-order valence-electron chi connectivity index (χ1n) is 9.93. The molecule has 1 aliphatic rings. The second-order valence-electron chi connectivity index (χ2n) is 7.58. The Hall–Kier alpha value is -3.11. The van der Waals surface area contributed by atoms with Crippen LogP contribution in [0, 0.1) is 6.92 Å². The summed E-state index contributed by atoms with van der Waals surface area (Å²) < 4.78 is 0. The third-order valence-electron chi connectivity index (χ3n) is 5.73. The van der Waals surface area contributed by atoms with Crippen LogP contribution in [0.3, 0.4) is 0 Å². The SMILES string of the molecule is Cc1cc(C(=O)N2[C@@H](c3ccccc3Cl)CC[C@H]2C(=O)O)ccc1-c1ccccc1. The maximum absolute atomic E-state index is 13.5. The van der Waals surface area contributed by atoms with E-state index in [0.717, 1.165) is 22.3 Å². The van der Waals surface area contributed by atoms with Gasteiger partial charge in [-0.1, -0.05) is 66.2 Å². The predicted octanol–water partition coefficient (Wildman–Crippen LogP) is 5.75. The van der Waals surface area contributed by atoms with Crippen LogP contribution in [-0.4, -0.2) is 27.9 Å². The van der Waals surface area contributed by atoms with Gasteiger partial charge >= 0.3 is 5.97 Å². The maximum atomic E-state index is 13.5. The lowest BCUT2D eigenvalue weighted by Crippen LogP contribution is -2.41. The Bertz CT molecular complexity index is 1100. The van der Waals surface area contributed by atoms with Crippen molar-refractivity contribution in [3.63, 3.8) is 0 Å². The molecule has 1 N–H and O–H groups in total. The number of carboxylic acids is 1. The number of carbonyl (C=O) groups is 2. The number of hydrogen-bond donors (Lipinski definition) is 1. The first-order valence-corrected chi connectivity index (χ1v) is 10.3.